The average molecular weight is 403 g/mol. The molecule has 0 aromatic carbocycles. The lowest BCUT2D eigenvalue weighted by molar-refractivity contribution is -0.371. The highest BCUT2D eigenvalue weighted by atomic mass is 17.2. The molecule has 5 fully saturated rings. The van der Waals surface area contributed by atoms with Gasteiger partial charge in [0.15, 0.2) is 0 Å². The van der Waals surface area contributed by atoms with Crippen LogP contribution in [0.5, 0.6) is 0 Å². The Morgan fingerprint density at radius 2 is 1.59 bits per heavy atom. The first-order valence-electron chi connectivity index (χ1n) is 13.0. The Morgan fingerprint density at radius 3 is 2.14 bits per heavy atom. The fraction of sp³-hybridized carbons (Fsp3) is 1.00. The summed E-state index contributed by atoms with van der Waals surface area (Å²) in [5, 5.41) is 0. The van der Waals surface area contributed by atoms with Crippen molar-refractivity contribution in [2.45, 2.75) is 130 Å². The largest absolute Gasteiger partial charge is 0.233 e. The molecule has 0 saturated heterocycles. The van der Waals surface area contributed by atoms with E-state index in [2.05, 4.69) is 34.6 Å². The van der Waals surface area contributed by atoms with Gasteiger partial charge < -0.3 is 0 Å². The second-order valence-corrected chi connectivity index (χ2v) is 13.5. The minimum absolute atomic E-state index is 0.305. The van der Waals surface area contributed by atoms with Crippen LogP contribution in [0.25, 0.3) is 0 Å². The summed E-state index contributed by atoms with van der Waals surface area (Å²) in [6, 6.07) is 0. The van der Waals surface area contributed by atoms with Gasteiger partial charge in [0.05, 0.1) is 12.2 Å². The summed E-state index contributed by atoms with van der Waals surface area (Å²) in [6.45, 7) is 12.7. The fourth-order valence-corrected chi connectivity index (χ4v) is 9.21. The Balaban J connectivity index is 1.35. The topological polar surface area (TPSA) is 18.5 Å². The maximum Gasteiger partial charge on any atom is 0.0968 e. The van der Waals surface area contributed by atoms with E-state index in [9.17, 15) is 0 Å². The van der Waals surface area contributed by atoms with Gasteiger partial charge in [-0.2, -0.15) is 0 Å². The second-order valence-electron chi connectivity index (χ2n) is 13.5. The van der Waals surface area contributed by atoms with E-state index in [1.54, 1.807) is 0 Å². The smallest absolute Gasteiger partial charge is 0.0968 e. The van der Waals surface area contributed by atoms with E-state index < -0.39 is 0 Å². The van der Waals surface area contributed by atoms with Gasteiger partial charge in [0, 0.05) is 0 Å². The first-order valence-corrected chi connectivity index (χ1v) is 13.0. The molecule has 2 nitrogen and oxygen atoms in total. The number of rotatable bonds is 6. The third-order valence-electron chi connectivity index (χ3n) is 11.5. The van der Waals surface area contributed by atoms with E-state index in [1.807, 2.05) is 0 Å². The molecule has 0 aliphatic heterocycles. The minimum atomic E-state index is 0.305. The Labute approximate surface area is 179 Å². The van der Waals surface area contributed by atoms with Crippen LogP contribution in [-0.2, 0) is 9.78 Å². The summed E-state index contributed by atoms with van der Waals surface area (Å²) < 4.78 is 0. The van der Waals surface area contributed by atoms with Crippen LogP contribution in [0.2, 0.25) is 0 Å². The molecule has 166 valence electrons. The molecule has 5 saturated carbocycles. The van der Waals surface area contributed by atoms with Crippen LogP contribution in [0.3, 0.4) is 0 Å². The predicted octanol–water partition coefficient (Wildman–Crippen LogP) is 7.70. The van der Waals surface area contributed by atoms with Crippen molar-refractivity contribution in [1.82, 2.24) is 0 Å². The highest BCUT2D eigenvalue weighted by Gasteiger charge is 2.64. The third kappa shape index (κ3) is 3.25. The number of hydrogen-bond acceptors (Lipinski definition) is 2. The monoisotopic (exact) mass is 402 g/mol. The normalized spacial score (nSPS) is 46.4. The molecule has 5 aliphatic rings. The van der Waals surface area contributed by atoms with Crippen molar-refractivity contribution in [2.75, 3.05) is 0 Å². The van der Waals surface area contributed by atoms with Crippen LogP contribution in [0.1, 0.15) is 118 Å². The first kappa shape index (κ1) is 20.8. The van der Waals surface area contributed by atoms with Crippen molar-refractivity contribution < 1.29 is 9.78 Å². The van der Waals surface area contributed by atoms with Gasteiger partial charge in [0.25, 0.3) is 0 Å². The number of fused-ring (bicyclic) bond motifs is 4. The van der Waals surface area contributed by atoms with E-state index >= 15 is 0 Å². The summed E-state index contributed by atoms with van der Waals surface area (Å²) in [7, 11) is 0. The molecule has 5 aliphatic carbocycles. The summed E-state index contributed by atoms with van der Waals surface area (Å²) in [5.74, 6) is 2.50. The predicted molar refractivity (Wildman–Crippen MR) is 118 cm³/mol. The van der Waals surface area contributed by atoms with Gasteiger partial charge in [-0.25, -0.2) is 9.78 Å². The molecule has 29 heavy (non-hydrogen) atoms. The molecule has 0 spiro atoms. The molecular formula is C27H46O2. The fourth-order valence-electron chi connectivity index (χ4n) is 9.21. The molecule has 6 atom stereocenters. The van der Waals surface area contributed by atoms with Crippen molar-refractivity contribution in [3.63, 3.8) is 0 Å². The van der Waals surface area contributed by atoms with E-state index in [0.29, 0.717) is 39.8 Å². The third-order valence-corrected chi connectivity index (χ3v) is 11.5. The molecule has 0 radical (unpaired) electrons. The molecule has 0 aromatic rings. The molecule has 0 heterocycles. The summed E-state index contributed by atoms with van der Waals surface area (Å²) in [6.07, 6.45) is 18.2. The molecule has 5 rings (SSSR count). The lowest BCUT2D eigenvalue weighted by Gasteiger charge is -2.45. The summed E-state index contributed by atoms with van der Waals surface area (Å²) >= 11 is 0. The van der Waals surface area contributed by atoms with E-state index in [-0.39, 0.29) is 0 Å². The van der Waals surface area contributed by atoms with E-state index in [1.165, 1.54) is 83.5 Å². The minimum Gasteiger partial charge on any atom is -0.233 e. The Morgan fingerprint density at radius 1 is 0.862 bits per heavy atom. The SMILES string of the molecule is CC1(C)CC2(CC(OOC3CCCCC3)C3CC4CCC3(C)C4(C)C)CCC1C2. The van der Waals surface area contributed by atoms with Crippen LogP contribution in [0.15, 0.2) is 0 Å². The van der Waals surface area contributed by atoms with Gasteiger partial charge >= 0.3 is 0 Å². The maximum atomic E-state index is 6.55. The van der Waals surface area contributed by atoms with Crippen molar-refractivity contribution >= 4 is 0 Å². The quantitative estimate of drug-likeness (QED) is 0.334. The first-order chi connectivity index (χ1) is 13.7. The molecule has 0 N–H and O–H groups in total. The highest BCUT2D eigenvalue weighted by Crippen LogP contribution is 2.71. The highest BCUT2D eigenvalue weighted by molar-refractivity contribution is 5.13. The van der Waals surface area contributed by atoms with Crippen LogP contribution in [-0.4, -0.2) is 12.2 Å². The van der Waals surface area contributed by atoms with Crippen molar-refractivity contribution in [3.05, 3.63) is 0 Å². The second kappa shape index (κ2) is 6.96. The van der Waals surface area contributed by atoms with E-state index in [4.69, 9.17) is 9.78 Å². The molecule has 2 heteroatoms. The van der Waals surface area contributed by atoms with Gasteiger partial charge in [-0.1, -0.05) is 53.9 Å². The Hall–Kier alpha value is -0.0800. The Bertz CT molecular complexity index is 618. The Kier molecular flexibility index (Phi) is 4.99. The van der Waals surface area contributed by atoms with Crippen LogP contribution < -0.4 is 0 Å². The van der Waals surface area contributed by atoms with E-state index in [0.717, 1.165) is 11.8 Å². The maximum absolute atomic E-state index is 6.55. The van der Waals surface area contributed by atoms with Gasteiger partial charge in [-0.15, -0.1) is 0 Å². The number of hydrogen-bond donors (Lipinski definition) is 0. The van der Waals surface area contributed by atoms with Crippen LogP contribution in [0, 0.1) is 39.4 Å². The van der Waals surface area contributed by atoms with Gasteiger partial charge in [-0.3, -0.25) is 0 Å². The lowest BCUT2D eigenvalue weighted by Crippen LogP contribution is -2.42. The summed E-state index contributed by atoms with van der Waals surface area (Å²) in [5.41, 5.74) is 1.93. The van der Waals surface area contributed by atoms with Gasteiger partial charge in [0.2, 0.25) is 0 Å². The van der Waals surface area contributed by atoms with Crippen molar-refractivity contribution in [2.24, 2.45) is 39.4 Å². The zero-order chi connectivity index (χ0) is 20.5. The summed E-state index contributed by atoms with van der Waals surface area (Å²) in [4.78, 5) is 12.8. The van der Waals surface area contributed by atoms with Gasteiger partial charge in [0.1, 0.15) is 0 Å². The van der Waals surface area contributed by atoms with Crippen LogP contribution >= 0.6 is 0 Å². The van der Waals surface area contributed by atoms with Crippen LogP contribution in [0.4, 0.5) is 0 Å². The molecular weight excluding hydrogens is 356 g/mol. The zero-order valence-electron chi connectivity index (χ0n) is 19.9. The standard InChI is InChI=1S/C27H46O2/c1-24(2)18-27(14-12-20(24)16-27)17-23(29-28-21-9-7-6-8-10-21)22-15-19-11-13-26(22,5)25(19,3)4/h19-23H,6-18H2,1-5H3. The van der Waals surface area contributed by atoms with Gasteiger partial charge in [-0.05, 0) is 104 Å². The molecule has 0 amide bonds. The molecule has 6 unspecified atom stereocenters. The molecule has 0 aromatic heterocycles. The zero-order valence-corrected chi connectivity index (χ0v) is 19.9. The lowest BCUT2D eigenvalue weighted by atomic mass is 9.63. The molecule has 4 bridgehead atoms. The average Bonchev–Trinajstić information content (AvgIpc) is 3.32. The van der Waals surface area contributed by atoms with Crippen molar-refractivity contribution in [3.8, 4) is 0 Å². The van der Waals surface area contributed by atoms with Crippen molar-refractivity contribution in [1.29, 1.82) is 0 Å².